The summed E-state index contributed by atoms with van der Waals surface area (Å²) in [6, 6.07) is 6.04. The van der Waals surface area contributed by atoms with Gasteiger partial charge < -0.3 is 5.32 Å². The van der Waals surface area contributed by atoms with Crippen LogP contribution in [0.25, 0.3) is 0 Å². The Morgan fingerprint density at radius 2 is 2.18 bits per heavy atom. The standard InChI is InChI=1S/C15H22FN/c1-4-17-14-5-6-15(3,10-14)12-7-11(2)8-13(16)9-12/h7-9,14,17H,4-6,10H2,1-3H3. The zero-order chi connectivity index (χ0) is 12.5. The average Bonchev–Trinajstić information content (AvgIpc) is 2.61. The van der Waals surface area contributed by atoms with E-state index in [1.165, 1.54) is 6.42 Å². The van der Waals surface area contributed by atoms with Gasteiger partial charge in [-0.15, -0.1) is 0 Å². The maximum atomic E-state index is 13.5. The normalized spacial score (nSPS) is 28.6. The Morgan fingerprint density at radius 3 is 2.82 bits per heavy atom. The third-order valence-corrected chi connectivity index (χ3v) is 3.97. The highest BCUT2D eigenvalue weighted by molar-refractivity contribution is 5.31. The third-order valence-electron chi connectivity index (χ3n) is 3.97. The molecule has 0 heterocycles. The van der Waals surface area contributed by atoms with Crippen LogP contribution in [0.5, 0.6) is 0 Å². The first-order chi connectivity index (χ1) is 8.03. The minimum absolute atomic E-state index is 0.104. The quantitative estimate of drug-likeness (QED) is 0.844. The van der Waals surface area contributed by atoms with Crippen LogP contribution in [0.4, 0.5) is 4.39 Å². The average molecular weight is 235 g/mol. The Morgan fingerprint density at radius 1 is 1.41 bits per heavy atom. The number of aryl methyl sites for hydroxylation is 1. The van der Waals surface area contributed by atoms with Crippen LogP contribution in [-0.4, -0.2) is 12.6 Å². The number of rotatable bonds is 3. The second kappa shape index (κ2) is 4.77. The van der Waals surface area contributed by atoms with Gasteiger partial charge >= 0.3 is 0 Å². The van der Waals surface area contributed by atoms with Crippen LogP contribution in [0.15, 0.2) is 18.2 Å². The second-order valence-corrected chi connectivity index (χ2v) is 5.58. The molecule has 1 aromatic carbocycles. The Labute approximate surface area is 103 Å². The van der Waals surface area contributed by atoms with Gasteiger partial charge in [0, 0.05) is 6.04 Å². The monoisotopic (exact) mass is 235 g/mol. The fourth-order valence-electron chi connectivity index (χ4n) is 3.05. The van der Waals surface area contributed by atoms with Crippen molar-refractivity contribution in [3.8, 4) is 0 Å². The van der Waals surface area contributed by atoms with Gasteiger partial charge in [0.1, 0.15) is 5.82 Å². The van der Waals surface area contributed by atoms with Crippen LogP contribution in [0.1, 0.15) is 44.2 Å². The summed E-state index contributed by atoms with van der Waals surface area (Å²) >= 11 is 0. The predicted octanol–water partition coefficient (Wildman–Crippen LogP) is 3.55. The highest BCUT2D eigenvalue weighted by atomic mass is 19.1. The summed E-state index contributed by atoms with van der Waals surface area (Å²) in [6.45, 7) is 7.39. The maximum absolute atomic E-state index is 13.5. The van der Waals surface area contributed by atoms with Crippen molar-refractivity contribution in [1.82, 2.24) is 5.32 Å². The molecule has 0 radical (unpaired) electrons. The Hall–Kier alpha value is -0.890. The van der Waals surface area contributed by atoms with Crippen LogP contribution in [-0.2, 0) is 5.41 Å². The van der Waals surface area contributed by atoms with Crippen LogP contribution in [0.3, 0.4) is 0 Å². The lowest BCUT2D eigenvalue weighted by Crippen LogP contribution is -2.28. The molecule has 2 rings (SSSR count). The van der Waals surface area contributed by atoms with Gasteiger partial charge in [-0.3, -0.25) is 0 Å². The topological polar surface area (TPSA) is 12.0 Å². The van der Waals surface area contributed by atoms with Gasteiger partial charge in [-0.1, -0.05) is 19.9 Å². The molecule has 0 aliphatic heterocycles. The first-order valence-corrected chi connectivity index (χ1v) is 6.54. The van der Waals surface area contributed by atoms with Crippen molar-refractivity contribution in [2.45, 2.75) is 51.5 Å². The van der Waals surface area contributed by atoms with Gasteiger partial charge in [-0.25, -0.2) is 4.39 Å². The van der Waals surface area contributed by atoms with Gasteiger partial charge in [0.25, 0.3) is 0 Å². The number of hydrogen-bond donors (Lipinski definition) is 1. The second-order valence-electron chi connectivity index (χ2n) is 5.58. The molecule has 1 saturated carbocycles. The van der Waals surface area contributed by atoms with Gasteiger partial charge in [0.05, 0.1) is 0 Å². The van der Waals surface area contributed by atoms with E-state index >= 15 is 0 Å². The fraction of sp³-hybridized carbons (Fsp3) is 0.600. The first kappa shape index (κ1) is 12.6. The fourth-order valence-corrected chi connectivity index (χ4v) is 3.05. The van der Waals surface area contributed by atoms with E-state index in [-0.39, 0.29) is 11.2 Å². The molecule has 1 aliphatic carbocycles. The Bertz CT molecular complexity index is 382. The SMILES string of the molecule is CCNC1CCC(C)(c2cc(C)cc(F)c2)C1. The summed E-state index contributed by atoms with van der Waals surface area (Å²) in [7, 11) is 0. The molecule has 2 atom stereocenters. The van der Waals surface area contributed by atoms with E-state index in [2.05, 4.69) is 25.2 Å². The summed E-state index contributed by atoms with van der Waals surface area (Å²) in [4.78, 5) is 0. The number of halogens is 1. The molecule has 1 N–H and O–H groups in total. The number of hydrogen-bond acceptors (Lipinski definition) is 1. The number of benzene rings is 1. The van der Waals surface area contributed by atoms with E-state index in [9.17, 15) is 4.39 Å². The molecule has 0 saturated heterocycles. The molecule has 1 aliphatic rings. The van der Waals surface area contributed by atoms with Gasteiger partial charge in [-0.2, -0.15) is 0 Å². The molecule has 1 aromatic rings. The Balaban J connectivity index is 2.21. The molecule has 0 aromatic heterocycles. The van der Waals surface area contributed by atoms with Gasteiger partial charge in [0.15, 0.2) is 0 Å². The van der Waals surface area contributed by atoms with Crippen LogP contribution < -0.4 is 5.32 Å². The van der Waals surface area contributed by atoms with E-state index in [1.807, 2.05) is 6.92 Å². The van der Waals surface area contributed by atoms with Gasteiger partial charge in [0.2, 0.25) is 0 Å². The van der Waals surface area contributed by atoms with Crippen molar-refractivity contribution in [3.05, 3.63) is 35.1 Å². The summed E-state index contributed by atoms with van der Waals surface area (Å²) in [5.41, 5.74) is 2.32. The molecule has 1 nitrogen and oxygen atoms in total. The van der Waals surface area contributed by atoms with E-state index in [4.69, 9.17) is 0 Å². The molecular weight excluding hydrogens is 213 g/mol. The predicted molar refractivity (Wildman–Crippen MR) is 69.8 cm³/mol. The van der Waals surface area contributed by atoms with E-state index in [0.717, 1.165) is 30.5 Å². The maximum Gasteiger partial charge on any atom is 0.123 e. The van der Waals surface area contributed by atoms with Crippen molar-refractivity contribution in [2.24, 2.45) is 0 Å². The lowest BCUT2D eigenvalue weighted by Gasteiger charge is -2.25. The summed E-state index contributed by atoms with van der Waals surface area (Å²) in [5.74, 6) is -0.104. The molecule has 2 heteroatoms. The zero-order valence-corrected chi connectivity index (χ0v) is 11.0. The molecule has 2 unspecified atom stereocenters. The van der Waals surface area contributed by atoms with E-state index < -0.39 is 0 Å². The largest absolute Gasteiger partial charge is 0.314 e. The van der Waals surface area contributed by atoms with E-state index in [0.29, 0.717) is 6.04 Å². The van der Waals surface area contributed by atoms with Gasteiger partial charge in [-0.05, 0) is 61.4 Å². The van der Waals surface area contributed by atoms with Crippen molar-refractivity contribution >= 4 is 0 Å². The highest BCUT2D eigenvalue weighted by Crippen LogP contribution is 2.41. The van der Waals surface area contributed by atoms with Crippen molar-refractivity contribution in [3.63, 3.8) is 0 Å². The molecule has 0 bridgehead atoms. The summed E-state index contributed by atoms with van der Waals surface area (Å²) in [5, 5.41) is 3.50. The molecule has 0 spiro atoms. The van der Waals surface area contributed by atoms with Crippen LogP contribution in [0, 0.1) is 12.7 Å². The van der Waals surface area contributed by atoms with Crippen molar-refractivity contribution in [2.75, 3.05) is 6.54 Å². The first-order valence-electron chi connectivity index (χ1n) is 6.54. The van der Waals surface area contributed by atoms with Crippen molar-refractivity contribution < 1.29 is 4.39 Å². The molecule has 17 heavy (non-hydrogen) atoms. The smallest absolute Gasteiger partial charge is 0.123 e. The third kappa shape index (κ3) is 2.68. The van der Waals surface area contributed by atoms with Crippen LogP contribution in [0.2, 0.25) is 0 Å². The number of nitrogens with one attached hydrogen (secondary N) is 1. The molecule has 0 amide bonds. The molecule has 94 valence electrons. The Kier molecular flexibility index (Phi) is 3.53. The van der Waals surface area contributed by atoms with E-state index in [1.54, 1.807) is 12.1 Å². The lowest BCUT2D eigenvalue weighted by molar-refractivity contribution is 0.454. The molecule has 1 fully saturated rings. The minimum Gasteiger partial charge on any atom is -0.314 e. The summed E-state index contributed by atoms with van der Waals surface area (Å²) in [6.07, 6.45) is 3.46. The van der Waals surface area contributed by atoms with Crippen LogP contribution >= 0.6 is 0 Å². The highest BCUT2D eigenvalue weighted by Gasteiger charge is 2.36. The molecular formula is C15H22FN. The zero-order valence-electron chi connectivity index (χ0n) is 11.0. The summed E-state index contributed by atoms with van der Waals surface area (Å²) < 4.78 is 13.5. The van der Waals surface area contributed by atoms with Crippen molar-refractivity contribution in [1.29, 1.82) is 0 Å². The lowest BCUT2D eigenvalue weighted by atomic mass is 9.80. The minimum atomic E-state index is -0.104.